The van der Waals surface area contributed by atoms with Gasteiger partial charge in [-0.25, -0.2) is 19.9 Å². The minimum Gasteiger partial charge on any atom is -0.485 e. The number of benzene rings is 2. The zero-order chi connectivity index (χ0) is 24.5. The van der Waals surface area contributed by atoms with E-state index in [-0.39, 0.29) is 12.1 Å². The molecule has 2 aliphatic rings. The molecule has 11 heteroatoms. The molecule has 1 amide bonds. The zero-order valence-electron chi connectivity index (χ0n) is 19.0. The summed E-state index contributed by atoms with van der Waals surface area (Å²) in [7, 11) is 0. The topological polar surface area (TPSA) is 102 Å². The van der Waals surface area contributed by atoms with Crippen LogP contribution in [0.15, 0.2) is 59.3 Å². The molecule has 0 bridgehead atoms. The first kappa shape index (κ1) is 22.7. The van der Waals surface area contributed by atoms with Crippen LogP contribution in [0.1, 0.15) is 10.6 Å². The smallest absolute Gasteiger partial charge is 0.209 e. The van der Waals surface area contributed by atoms with E-state index in [0.29, 0.717) is 48.6 Å². The number of anilines is 2. The van der Waals surface area contributed by atoms with Gasteiger partial charge in [-0.05, 0) is 35.9 Å². The first-order valence-corrected chi connectivity index (χ1v) is 12.6. The van der Waals surface area contributed by atoms with Gasteiger partial charge in [0.15, 0.2) is 5.90 Å². The third kappa shape index (κ3) is 4.69. The van der Waals surface area contributed by atoms with Crippen LogP contribution < -0.4 is 10.1 Å². The molecule has 1 saturated heterocycles. The van der Waals surface area contributed by atoms with Crippen molar-refractivity contribution in [3.63, 3.8) is 0 Å². The van der Waals surface area contributed by atoms with Crippen LogP contribution in [-0.2, 0) is 22.6 Å². The van der Waals surface area contributed by atoms with Crippen LogP contribution in [0.2, 0.25) is 5.02 Å². The maximum absolute atomic E-state index is 11.0. The molecule has 0 aliphatic carbocycles. The van der Waals surface area contributed by atoms with E-state index in [9.17, 15) is 4.79 Å². The van der Waals surface area contributed by atoms with Crippen molar-refractivity contribution in [3.8, 4) is 5.75 Å². The number of aromatic nitrogens is 3. The predicted molar refractivity (Wildman–Crippen MR) is 138 cm³/mol. The lowest BCUT2D eigenvalue weighted by Gasteiger charge is -2.13. The summed E-state index contributed by atoms with van der Waals surface area (Å²) in [6.07, 6.45) is 4.64. The second-order valence-electron chi connectivity index (χ2n) is 8.54. The van der Waals surface area contributed by atoms with Crippen molar-refractivity contribution < 1.29 is 14.3 Å². The van der Waals surface area contributed by atoms with Gasteiger partial charge in [0.25, 0.3) is 0 Å². The zero-order valence-corrected chi connectivity index (χ0v) is 20.6. The molecule has 2 unspecified atom stereocenters. The molecule has 4 aromatic rings. The van der Waals surface area contributed by atoms with Gasteiger partial charge in [0.2, 0.25) is 6.41 Å². The Morgan fingerprint density at radius 1 is 1.19 bits per heavy atom. The number of carbonyl (C=O) groups is 1. The number of fused-ring (bicyclic) bond motifs is 2. The summed E-state index contributed by atoms with van der Waals surface area (Å²) in [5.41, 5.74) is 2.64. The summed E-state index contributed by atoms with van der Waals surface area (Å²) < 4.78 is 11.8. The Bertz CT molecular complexity index is 1450. The second kappa shape index (κ2) is 9.71. The molecule has 1 N–H and O–H groups in total. The molecule has 1 fully saturated rings. The van der Waals surface area contributed by atoms with Crippen molar-refractivity contribution in [1.82, 2.24) is 19.9 Å². The van der Waals surface area contributed by atoms with E-state index in [1.54, 1.807) is 17.2 Å². The fourth-order valence-corrected chi connectivity index (χ4v) is 5.14. The van der Waals surface area contributed by atoms with Crippen molar-refractivity contribution in [2.45, 2.75) is 25.2 Å². The molecule has 2 atom stereocenters. The highest BCUT2D eigenvalue weighted by Gasteiger charge is 2.38. The molecule has 0 spiro atoms. The normalized spacial score (nSPS) is 18.6. The molecule has 2 aliphatic heterocycles. The summed E-state index contributed by atoms with van der Waals surface area (Å²) in [5.74, 6) is 1.95. The van der Waals surface area contributed by atoms with Crippen LogP contribution >= 0.6 is 22.9 Å². The average Bonchev–Trinajstić information content (AvgIpc) is 3.61. The van der Waals surface area contributed by atoms with Crippen molar-refractivity contribution in [3.05, 3.63) is 69.9 Å². The molecular formula is C25H21ClN6O3S. The Hall–Kier alpha value is -3.76. The summed E-state index contributed by atoms with van der Waals surface area (Å²) in [5, 5.41) is 7.51. The van der Waals surface area contributed by atoms with Gasteiger partial charge in [-0.2, -0.15) is 0 Å². The largest absolute Gasteiger partial charge is 0.485 e. The standard InChI is InChI=1S/C25H21ClN6O3S/c26-18-9-16(2-4-21(18)34-12-24-27-5-6-36-24)30-25-17-7-15(1-3-19(17)28-13-29-25)8-23-31-20-10-32(14-33)11-22(20)35-23/h1-7,9,13-14,20,22H,8,10-12H2,(H,28,29,30). The Morgan fingerprint density at radius 2 is 2.14 bits per heavy atom. The Morgan fingerprint density at radius 3 is 2.94 bits per heavy atom. The molecule has 4 heterocycles. The van der Waals surface area contributed by atoms with Crippen LogP contribution in [0.3, 0.4) is 0 Å². The molecule has 2 aromatic heterocycles. The minimum absolute atomic E-state index is 0.0180. The van der Waals surface area contributed by atoms with E-state index in [0.717, 1.165) is 33.6 Å². The fraction of sp³-hybridized carbons (Fsp3) is 0.240. The number of nitrogens with one attached hydrogen (secondary N) is 1. The van der Waals surface area contributed by atoms with E-state index in [1.807, 2.05) is 35.7 Å². The highest BCUT2D eigenvalue weighted by molar-refractivity contribution is 7.09. The number of hydrogen-bond donors (Lipinski definition) is 1. The number of rotatable bonds is 8. The Balaban J connectivity index is 1.18. The maximum atomic E-state index is 11.0. The number of ether oxygens (including phenoxy) is 2. The second-order valence-corrected chi connectivity index (χ2v) is 9.93. The molecule has 36 heavy (non-hydrogen) atoms. The van der Waals surface area contributed by atoms with Crippen molar-refractivity contribution >= 4 is 57.7 Å². The third-order valence-electron chi connectivity index (χ3n) is 6.10. The molecule has 182 valence electrons. The van der Waals surface area contributed by atoms with Crippen molar-refractivity contribution in [1.29, 1.82) is 0 Å². The molecule has 0 saturated carbocycles. The number of amides is 1. The van der Waals surface area contributed by atoms with E-state index >= 15 is 0 Å². The van der Waals surface area contributed by atoms with E-state index in [2.05, 4.69) is 25.3 Å². The molecular weight excluding hydrogens is 500 g/mol. The predicted octanol–water partition coefficient (Wildman–Crippen LogP) is 4.24. The summed E-state index contributed by atoms with van der Waals surface area (Å²) in [6, 6.07) is 11.6. The highest BCUT2D eigenvalue weighted by atomic mass is 35.5. The summed E-state index contributed by atoms with van der Waals surface area (Å²) >= 11 is 8.00. The van der Waals surface area contributed by atoms with Gasteiger partial charge in [-0.1, -0.05) is 17.7 Å². The number of likely N-dealkylation sites (tertiary alicyclic amines) is 1. The number of thiazole rings is 1. The van der Waals surface area contributed by atoms with Crippen LogP contribution in [0, 0.1) is 0 Å². The lowest BCUT2D eigenvalue weighted by molar-refractivity contribution is -0.117. The van der Waals surface area contributed by atoms with Gasteiger partial charge in [0.05, 0.1) is 17.1 Å². The van der Waals surface area contributed by atoms with Gasteiger partial charge in [0.1, 0.15) is 41.7 Å². The summed E-state index contributed by atoms with van der Waals surface area (Å²) in [4.78, 5) is 30.5. The molecule has 9 nitrogen and oxygen atoms in total. The van der Waals surface area contributed by atoms with Gasteiger partial charge >= 0.3 is 0 Å². The average molecular weight is 521 g/mol. The lowest BCUT2D eigenvalue weighted by atomic mass is 10.1. The van der Waals surface area contributed by atoms with Crippen LogP contribution in [-0.4, -0.2) is 57.4 Å². The van der Waals surface area contributed by atoms with E-state index in [4.69, 9.17) is 21.1 Å². The first-order chi connectivity index (χ1) is 17.6. The van der Waals surface area contributed by atoms with Gasteiger partial charge in [-0.15, -0.1) is 11.3 Å². The van der Waals surface area contributed by atoms with Gasteiger partial charge < -0.3 is 19.7 Å². The molecule has 0 radical (unpaired) electrons. The number of nitrogens with zero attached hydrogens (tertiary/aromatic N) is 5. The molecule has 2 aromatic carbocycles. The number of hydrogen-bond acceptors (Lipinski definition) is 9. The number of aliphatic imine (C=N–C) groups is 1. The maximum Gasteiger partial charge on any atom is 0.209 e. The van der Waals surface area contributed by atoms with Crippen molar-refractivity contribution in [2.24, 2.45) is 4.99 Å². The molecule has 6 rings (SSSR count). The fourth-order valence-electron chi connectivity index (χ4n) is 4.37. The number of halogens is 1. The third-order valence-corrected chi connectivity index (χ3v) is 7.14. The lowest BCUT2D eigenvalue weighted by Crippen LogP contribution is -2.23. The quantitative estimate of drug-likeness (QED) is 0.347. The van der Waals surface area contributed by atoms with E-state index in [1.165, 1.54) is 17.7 Å². The van der Waals surface area contributed by atoms with Gasteiger partial charge in [0, 0.05) is 35.6 Å². The van der Waals surface area contributed by atoms with Crippen LogP contribution in [0.5, 0.6) is 5.75 Å². The van der Waals surface area contributed by atoms with E-state index < -0.39 is 0 Å². The minimum atomic E-state index is -0.0514. The summed E-state index contributed by atoms with van der Waals surface area (Å²) in [6.45, 7) is 1.56. The highest BCUT2D eigenvalue weighted by Crippen LogP contribution is 2.31. The Kier molecular flexibility index (Phi) is 6.12. The van der Waals surface area contributed by atoms with Gasteiger partial charge in [-0.3, -0.25) is 4.79 Å². The monoisotopic (exact) mass is 520 g/mol. The van der Waals surface area contributed by atoms with Crippen LogP contribution in [0.25, 0.3) is 10.9 Å². The van der Waals surface area contributed by atoms with Crippen LogP contribution in [0.4, 0.5) is 11.5 Å². The SMILES string of the molecule is O=CN1CC2N=C(Cc3ccc4ncnc(Nc5ccc(OCc6nccs6)c(Cl)c5)c4c3)OC2C1. The Labute approximate surface area is 215 Å². The first-order valence-electron chi connectivity index (χ1n) is 11.4. The van der Waals surface area contributed by atoms with Crippen molar-refractivity contribution in [2.75, 3.05) is 18.4 Å². The number of carbonyl (C=O) groups excluding carboxylic acids is 1.